The first-order valence-electron chi connectivity index (χ1n) is 11.0. The van der Waals surface area contributed by atoms with Crippen molar-refractivity contribution in [3.63, 3.8) is 0 Å². The van der Waals surface area contributed by atoms with Gasteiger partial charge < -0.3 is 15.3 Å². The zero-order chi connectivity index (χ0) is 24.9. The Morgan fingerprint density at radius 2 is 2.17 bits per heavy atom. The minimum Gasteiger partial charge on any atom is -0.477 e. The molecule has 2 atom stereocenters. The fraction of sp³-hybridized carbons (Fsp3) is 0.409. The number of carbonyl (C=O) groups excluding carboxylic acids is 2. The van der Waals surface area contributed by atoms with Crippen LogP contribution in [-0.2, 0) is 20.8 Å². The quantitative estimate of drug-likeness (QED) is 0.190. The molecule has 2 aromatic heterocycles. The topological polar surface area (TPSA) is 131 Å². The van der Waals surface area contributed by atoms with Crippen molar-refractivity contribution in [3.05, 3.63) is 56.4 Å². The number of amides is 2. The van der Waals surface area contributed by atoms with Crippen LogP contribution in [0.4, 0.5) is 0 Å². The largest absolute Gasteiger partial charge is 0.477 e. The van der Waals surface area contributed by atoms with Crippen LogP contribution in [0.3, 0.4) is 0 Å². The lowest BCUT2D eigenvalue weighted by atomic mass is 10.0. The van der Waals surface area contributed by atoms with Crippen LogP contribution in [0.2, 0.25) is 0 Å². The number of aromatic nitrogens is 2. The van der Waals surface area contributed by atoms with E-state index in [4.69, 9.17) is 4.84 Å². The minimum absolute atomic E-state index is 0.0637. The average molecular weight is 537 g/mol. The lowest BCUT2D eigenvalue weighted by Gasteiger charge is -2.49. The van der Waals surface area contributed by atoms with E-state index in [-0.39, 0.29) is 23.8 Å². The molecule has 35 heavy (non-hydrogen) atoms. The third-order valence-electron chi connectivity index (χ3n) is 5.35. The van der Waals surface area contributed by atoms with E-state index in [1.165, 1.54) is 46.0 Å². The number of thioether (sulfide) groups is 2. The number of carboxylic acids is 1. The number of carboxylic acid groups (broad SMARTS) is 1. The van der Waals surface area contributed by atoms with E-state index in [0.29, 0.717) is 23.0 Å². The van der Waals surface area contributed by atoms with E-state index >= 15 is 0 Å². The molecule has 0 aliphatic carbocycles. The molecule has 2 N–H and O–H groups in total. The Balaban J connectivity index is 1.40. The van der Waals surface area contributed by atoms with E-state index in [9.17, 15) is 24.3 Å². The van der Waals surface area contributed by atoms with Gasteiger partial charge in [-0.3, -0.25) is 14.5 Å². The molecule has 2 amide bonds. The molecule has 0 spiro atoms. The number of fused-ring (bicyclic) bond motifs is 1. The van der Waals surface area contributed by atoms with Gasteiger partial charge in [0.1, 0.15) is 28.7 Å². The maximum atomic E-state index is 12.8. The lowest BCUT2D eigenvalue weighted by molar-refractivity contribution is -0.150. The van der Waals surface area contributed by atoms with Gasteiger partial charge in [0.2, 0.25) is 5.91 Å². The zero-order valence-electron chi connectivity index (χ0n) is 18.8. The number of nitrogens with zero attached hydrogens (tertiary/aromatic N) is 3. The Labute approximate surface area is 213 Å². The van der Waals surface area contributed by atoms with Gasteiger partial charge in [-0.25, -0.2) is 9.59 Å². The van der Waals surface area contributed by atoms with Crippen molar-refractivity contribution in [3.8, 4) is 0 Å². The number of nitrogens with one attached hydrogen (secondary N) is 1. The maximum Gasteiger partial charge on any atom is 0.381 e. The van der Waals surface area contributed by atoms with Crippen LogP contribution in [0, 0.1) is 0 Å². The van der Waals surface area contributed by atoms with Crippen molar-refractivity contribution in [2.45, 2.75) is 42.6 Å². The molecule has 0 aromatic carbocycles. The van der Waals surface area contributed by atoms with Gasteiger partial charge in [-0.1, -0.05) is 19.4 Å². The number of aliphatic carboxylic acids is 1. The van der Waals surface area contributed by atoms with E-state index in [1.54, 1.807) is 6.07 Å². The molecule has 0 unspecified atom stereocenters. The molecular formula is C22H24N4O6S3. The Morgan fingerprint density at radius 1 is 1.34 bits per heavy atom. The molecule has 2 aliphatic rings. The molecule has 13 heteroatoms. The number of carbonyl (C=O) groups is 3. The normalized spacial score (nSPS) is 19.2. The van der Waals surface area contributed by atoms with E-state index in [0.717, 1.165) is 22.4 Å². The molecule has 4 heterocycles. The summed E-state index contributed by atoms with van der Waals surface area (Å²) in [5.74, 6) is -1.26. The van der Waals surface area contributed by atoms with Gasteiger partial charge >= 0.3 is 11.7 Å². The number of β-lactam (4-membered cyclic amide) rings is 1. The lowest BCUT2D eigenvalue weighted by Crippen LogP contribution is -2.70. The molecule has 1 saturated heterocycles. The molecule has 0 bridgehead atoms. The van der Waals surface area contributed by atoms with Gasteiger partial charge in [-0.15, -0.1) is 39.6 Å². The Hall–Kier alpha value is -2.77. The molecule has 0 radical (unpaired) electrons. The fourth-order valence-electron chi connectivity index (χ4n) is 3.61. The van der Waals surface area contributed by atoms with Crippen LogP contribution in [-0.4, -0.2) is 67.0 Å². The number of unbranched alkanes of at least 4 members (excludes halogenated alkanes) is 1. The highest BCUT2D eigenvalue weighted by Gasteiger charge is 2.54. The highest BCUT2D eigenvalue weighted by molar-refractivity contribution is 8.01. The number of rotatable bonds is 11. The SMILES string of the molecule is CCCCOn1ccc(SCC2=C(C(=O)O)N3C(=O)[C@@H](NC(=O)Cc4cccs4)[C@@H]3SC2)nc1=O. The van der Waals surface area contributed by atoms with Crippen LogP contribution in [0.5, 0.6) is 0 Å². The van der Waals surface area contributed by atoms with E-state index in [2.05, 4.69) is 10.3 Å². The maximum absolute atomic E-state index is 12.8. The highest BCUT2D eigenvalue weighted by atomic mass is 32.2. The molecule has 2 aliphatic heterocycles. The number of hydrogen-bond acceptors (Lipinski definition) is 9. The van der Waals surface area contributed by atoms with Crippen molar-refractivity contribution < 1.29 is 24.3 Å². The summed E-state index contributed by atoms with van der Waals surface area (Å²) in [7, 11) is 0. The molecular weight excluding hydrogens is 512 g/mol. The van der Waals surface area contributed by atoms with Crippen molar-refractivity contribution in [1.82, 2.24) is 19.9 Å². The van der Waals surface area contributed by atoms with Crippen LogP contribution >= 0.6 is 34.9 Å². The summed E-state index contributed by atoms with van der Waals surface area (Å²) in [5, 5.41) is 14.4. The summed E-state index contributed by atoms with van der Waals surface area (Å²) in [6, 6.07) is 4.58. The molecule has 0 saturated carbocycles. The van der Waals surface area contributed by atoms with Crippen LogP contribution in [0.15, 0.2) is 50.9 Å². The van der Waals surface area contributed by atoms with E-state index < -0.39 is 29.0 Å². The molecule has 10 nitrogen and oxygen atoms in total. The van der Waals surface area contributed by atoms with Crippen molar-refractivity contribution in [2.24, 2.45) is 0 Å². The summed E-state index contributed by atoms with van der Waals surface area (Å²) in [4.78, 5) is 60.8. The molecule has 2 aromatic rings. The predicted molar refractivity (Wildman–Crippen MR) is 133 cm³/mol. The van der Waals surface area contributed by atoms with Gasteiger partial charge in [0.15, 0.2) is 0 Å². The first-order chi connectivity index (χ1) is 16.9. The standard InChI is InChI=1S/C22H24N4O6S3/c1-2-3-8-32-25-7-6-16(24-22(25)31)34-11-13-12-35-20-17(19(28)26(20)18(13)21(29)30)23-15(27)10-14-5-4-9-33-14/h4-7,9,17,20H,2-3,8,10-12H2,1H3,(H,23,27)(H,29,30)/t17-,20+/m1/s1. The van der Waals surface area contributed by atoms with Gasteiger partial charge in [-0.2, -0.15) is 4.98 Å². The second kappa shape index (κ2) is 11.3. The number of hydrogen-bond donors (Lipinski definition) is 2. The monoisotopic (exact) mass is 536 g/mol. The van der Waals surface area contributed by atoms with Crippen LogP contribution < -0.4 is 15.8 Å². The van der Waals surface area contributed by atoms with Crippen molar-refractivity contribution in [1.29, 1.82) is 0 Å². The van der Waals surface area contributed by atoms with Gasteiger partial charge in [0.25, 0.3) is 5.91 Å². The van der Waals surface area contributed by atoms with Gasteiger partial charge in [0, 0.05) is 16.4 Å². The summed E-state index contributed by atoms with van der Waals surface area (Å²) < 4.78 is 1.08. The summed E-state index contributed by atoms with van der Waals surface area (Å²) in [6.45, 7) is 2.43. The zero-order valence-corrected chi connectivity index (χ0v) is 21.3. The van der Waals surface area contributed by atoms with Crippen molar-refractivity contribution in [2.75, 3.05) is 18.1 Å². The van der Waals surface area contributed by atoms with Crippen molar-refractivity contribution >= 4 is 52.6 Å². The third-order valence-corrected chi connectivity index (χ3v) is 8.58. The Morgan fingerprint density at radius 3 is 2.86 bits per heavy atom. The number of thiophene rings is 1. The van der Waals surface area contributed by atoms with Crippen LogP contribution in [0.1, 0.15) is 24.6 Å². The predicted octanol–water partition coefficient (Wildman–Crippen LogP) is 1.61. The highest BCUT2D eigenvalue weighted by Crippen LogP contribution is 2.41. The first-order valence-corrected chi connectivity index (χ1v) is 13.9. The molecule has 1 fully saturated rings. The summed E-state index contributed by atoms with van der Waals surface area (Å²) in [6.07, 6.45) is 3.44. The summed E-state index contributed by atoms with van der Waals surface area (Å²) in [5.41, 5.74) is -0.0486. The minimum atomic E-state index is -1.20. The first kappa shape index (κ1) is 25.3. The third kappa shape index (κ3) is 5.73. The summed E-state index contributed by atoms with van der Waals surface area (Å²) >= 11 is 4.09. The van der Waals surface area contributed by atoms with Gasteiger partial charge in [0.05, 0.1) is 12.6 Å². The fourth-order valence-corrected chi connectivity index (χ4v) is 6.65. The second-order valence-corrected chi connectivity index (χ2v) is 11.0. The molecule has 186 valence electrons. The van der Waals surface area contributed by atoms with E-state index in [1.807, 2.05) is 24.4 Å². The average Bonchev–Trinajstić information content (AvgIpc) is 3.34. The Kier molecular flexibility index (Phi) is 8.19. The van der Waals surface area contributed by atoms with Gasteiger partial charge in [-0.05, 0) is 29.5 Å². The Bertz CT molecular complexity index is 1200. The van der Waals surface area contributed by atoms with Crippen LogP contribution in [0.25, 0.3) is 0 Å². The smallest absolute Gasteiger partial charge is 0.381 e. The second-order valence-electron chi connectivity index (χ2n) is 7.82. The molecule has 4 rings (SSSR count).